The van der Waals surface area contributed by atoms with Gasteiger partial charge >= 0.3 is 18.1 Å². The molecule has 29 heavy (non-hydrogen) atoms. The molecule has 158 valence electrons. The molecule has 2 rings (SSSR count). The Bertz CT molecular complexity index is 886. The maximum atomic E-state index is 13.6. The van der Waals surface area contributed by atoms with Crippen molar-refractivity contribution in [3.05, 3.63) is 63.0 Å². The number of hydrogen-bond acceptors (Lipinski definition) is 3. The Morgan fingerprint density at radius 3 is 2.24 bits per heavy atom. The fraction of sp³-hybridized carbons (Fsp3) is 0.235. The molecule has 0 atom stereocenters. The molecule has 0 heterocycles. The van der Waals surface area contributed by atoms with Gasteiger partial charge in [0.1, 0.15) is 18.2 Å². The minimum atomic E-state index is -6.45. The first-order valence-electron chi connectivity index (χ1n) is 7.63. The maximum Gasteiger partial charge on any atom is 0.462 e. The van der Waals surface area contributed by atoms with Crippen LogP contribution in [0.5, 0.6) is 5.75 Å². The van der Waals surface area contributed by atoms with Crippen molar-refractivity contribution in [2.45, 2.75) is 24.8 Å². The number of nitrogens with one attached hydrogen (secondary N) is 1. The molecule has 0 fully saturated rings. The summed E-state index contributed by atoms with van der Waals surface area (Å²) in [5.41, 5.74) is 0.946. The lowest BCUT2D eigenvalue weighted by Gasteiger charge is -2.27. The smallest absolute Gasteiger partial charge is 0.462 e. The van der Waals surface area contributed by atoms with Gasteiger partial charge < -0.3 is 4.74 Å². The molecule has 0 unspecified atom stereocenters. The first-order valence-corrected chi connectivity index (χ1v) is 8.71. The molecule has 2 aromatic rings. The molecule has 0 amide bonds. The van der Waals surface area contributed by atoms with Crippen LogP contribution in [-0.2, 0) is 6.61 Å². The highest BCUT2D eigenvalue weighted by molar-refractivity contribution is 14.1. The van der Waals surface area contributed by atoms with E-state index in [1.807, 2.05) is 22.6 Å². The molecule has 0 aliphatic heterocycles. The van der Waals surface area contributed by atoms with Crippen LogP contribution in [0.4, 0.5) is 35.1 Å². The lowest BCUT2D eigenvalue weighted by Crippen LogP contribution is -2.58. The molecule has 1 N–H and O–H groups in total. The zero-order valence-corrected chi connectivity index (χ0v) is 16.2. The zero-order chi connectivity index (χ0) is 21.9. The van der Waals surface area contributed by atoms with Crippen molar-refractivity contribution in [3.63, 3.8) is 0 Å². The molecule has 3 nitrogen and oxygen atoms in total. The topological polar surface area (TPSA) is 33.6 Å². The van der Waals surface area contributed by atoms with E-state index in [2.05, 4.69) is 5.10 Å². The Hall–Kier alpha value is -2.12. The van der Waals surface area contributed by atoms with Gasteiger partial charge in [-0.15, -0.1) is 0 Å². The van der Waals surface area contributed by atoms with E-state index in [1.54, 1.807) is 6.07 Å². The van der Waals surface area contributed by atoms with E-state index in [-0.39, 0.29) is 12.2 Å². The third-order valence-corrected chi connectivity index (χ3v) is 4.31. The molecule has 0 radical (unpaired) electrons. The van der Waals surface area contributed by atoms with Crippen LogP contribution in [0.2, 0.25) is 0 Å². The van der Waals surface area contributed by atoms with Gasteiger partial charge in [0.2, 0.25) is 0 Å². The van der Waals surface area contributed by atoms with E-state index in [1.165, 1.54) is 36.4 Å². The summed E-state index contributed by atoms with van der Waals surface area (Å²) in [6.45, 7) is -0.0869. The van der Waals surface area contributed by atoms with Gasteiger partial charge in [-0.3, -0.25) is 0 Å². The van der Waals surface area contributed by atoms with Gasteiger partial charge in [0, 0.05) is 5.56 Å². The summed E-state index contributed by atoms with van der Waals surface area (Å²) in [4.78, 5) is 0. The average Bonchev–Trinajstić information content (AvgIpc) is 2.61. The Labute approximate surface area is 172 Å². The van der Waals surface area contributed by atoms with Crippen molar-refractivity contribution >= 4 is 28.8 Å². The Morgan fingerprint density at radius 2 is 1.66 bits per heavy atom. The second-order valence-corrected chi connectivity index (χ2v) is 6.75. The minimum Gasteiger partial charge on any atom is -0.488 e. The monoisotopic (exact) mass is 538 g/mol. The number of nitrogens with zero attached hydrogens (tertiary/aromatic N) is 1. The van der Waals surface area contributed by atoms with Crippen LogP contribution in [0.25, 0.3) is 0 Å². The Balaban J connectivity index is 2.04. The van der Waals surface area contributed by atoms with Crippen LogP contribution >= 0.6 is 22.6 Å². The fourth-order valence-corrected chi connectivity index (χ4v) is 2.62. The van der Waals surface area contributed by atoms with Crippen LogP contribution in [0.15, 0.2) is 47.6 Å². The van der Waals surface area contributed by atoms with Crippen molar-refractivity contribution in [2.24, 2.45) is 5.10 Å². The quantitative estimate of drug-likeness (QED) is 0.161. The summed E-state index contributed by atoms with van der Waals surface area (Å²) in [6, 6.07) is 4.30. The van der Waals surface area contributed by atoms with E-state index < -0.39 is 24.0 Å². The number of ether oxygens (including phenoxy) is 1. The zero-order valence-electron chi connectivity index (χ0n) is 14.1. The number of rotatable bonds is 7. The molecular weight excluding hydrogens is 527 g/mol. The lowest BCUT2D eigenvalue weighted by atomic mass is 10.2. The van der Waals surface area contributed by atoms with Crippen molar-refractivity contribution in [1.29, 1.82) is 0 Å². The molecule has 0 spiro atoms. The van der Waals surface area contributed by atoms with Crippen LogP contribution < -0.4 is 10.2 Å². The van der Waals surface area contributed by atoms with E-state index in [9.17, 15) is 35.1 Å². The fourth-order valence-electron chi connectivity index (χ4n) is 1.92. The van der Waals surface area contributed by atoms with E-state index in [0.29, 0.717) is 26.5 Å². The van der Waals surface area contributed by atoms with Gasteiger partial charge in [-0.25, -0.2) is 9.82 Å². The second-order valence-electron chi connectivity index (χ2n) is 5.59. The molecule has 0 aromatic heterocycles. The predicted octanol–water partition coefficient (Wildman–Crippen LogP) is 5.72. The molecular formula is C17H11F8IN2O. The molecule has 0 aliphatic rings. The highest BCUT2D eigenvalue weighted by Crippen LogP contribution is 2.45. The Kier molecular flexibility index (Phi) is 6.96. The van der Waals surface area contributed by atoms with Gasteiger partial charge in [0.15, 0.2) is 0 Å². The van der Waals surface area contributed by atoms with Crippen molar-refractivity contribution < 1.29 is 39.9 Å². The first-order chi connectivity index (χ1) is 13.3. The largest absolute Gasteiger partial charge is 0.488 e. The van der Waals surface area contributed by atoms with Crippen LogP contribution in [0, 0.1) is 9.39 Å². The van der Waals surface area contributed by atoms with Crippen molar-refractivity contribution in [1.82, 2.24) is 5.43 Å². The van der Waals surface area contributed by atoms with E-state index in [4.69, 9.17) is 4.74 Å². The highest BCUT2D eigenvalue weighted by Gasteiger charge is 2.73. The average molecular weight is 538 g/mol. The maximum absolute atomic E-state index is 13.6. The summed E-state index contributed by atoms with van der Waals surface area (Å²) in [7, 11) is 0. The van der Waals surface area contributed by atoms with Crippen LogP contribution in [0.3, 0.4) is 0 Å². The molecule has 0 aliphatic carbocycles. The molecule has 2 aromatic carbocycles. The number of benzene rings is 2. The predicted molar refractivity (Wildman–Crippen MR) is 96.6 cm³/mol. The SMILES string of the molecule is Fc1ccccc1COc1ccc(/C=N/NC(F)(F)C(F)(F)C(F)(F)F)cc1I. The van der Waals surface area contributed by atoms with Crippen molar-refractivity contribution in [3.8, 4) is 5.75 Å². The second kappa shape index (κ2) is 8.71. The first kappa shape index (κ1) is 23.2. The summed E-state index contributed by atoms with van der Waals surface area (Å²) >= 11 is 1.81. The van der Waals surface area contributed by atoms with E-state index in [0.717, 1.165) is 0 Å². The summed E-state index contributed by atoms with van der Waals surface area (Å²) in [5, 5.41) is 2.77. The third kappa shape index (κ3) is 5.48. The standard InChI is InChI=1S/C17H11F8IN2O/c18-12-4-2-1-3-11(12)9-29-14-6-5-10(7-13(14)26)8-27-28-17(24,25)15(19,20)16(21,22)23/h1-8,28H,9H2/b27-8+. The van der Waals surface area contributed by atoms with Crippen LogP contribution in [0.1, 0.15) is 11.1 Å². The Morgan fingerprint density at radius 1 is 1.00 bits per heavy atom. The number of alkyl halides is 7. The molecule has 0 saturated carbocycles. The molecule has 0 saturated heterocycles. The number of hydrazone groups is 1. The minimum absolute atomic E-state index is 0.0869. The summed E-state index contributed by atoms with van der Waals surface area (Å²) in [6.07, 6.45) is -5.81. The highest BCUT2D eigenvalue weighted by atomic mass is 127. The number of hydrogen-bond donors (Lipinski definition) is 1. The normalized spacial score (nSPS) is 13.0. The van der Waals surface area contributed by atoms with Gasteiger partial charge in [-0.2, -0.15) is 35.8 Å². The van der Waals surface area contributed by atoms with Gasteiger partial charge in [-0.1, -0.05) is 18.2 Å². The van der Waals surface area contributed by atoms with Crippen LogP contribution in [-0.4, -0.2) is 24.4 Å². The molecule has 0 bridgehead atoms. The third-order valence-electron chi connectivity index (χ3n) is 3.47. The van der Waals surface area contributed by atoms with Gasteiger partial charge in [-0.05, 0) is 52.4 Å². The van der Waals surface area contributed by atoms with Gasteiger partial charge in [0.25, 0.3) is 0 Å². The summed E-state index contributed by atoms with van der Waals surface area (Å²) < 4.78 is 107. The van der Waals surface area contributed by atoms with E-state index >= 15 is 0 Å². The number of halogens is 9. The lowest BCUT2D eigenvalue weighted by molar-refractivity contribution is -0.361. The van der Waals surface area contributed by atoms with Crippen molar-refractivity contribution in [2.75, 3.05) is 0 Å². The summed E-state index contributed by atoms with van der Waals surface area (Å²) in [5.74, 6) is -6.46. The molecule has 12 heteroatoms. The van der Waals surface area contributed by atoms with Gasteiger partial charge in [0.05, 0.1) is 9.78 Å².